The molecule has 0 amide bonds. The number of rotatable bonds is 8. The Balaban J connectivity index is 0.00000176. The van der Waals surface area contributed by atoms with Gasteiger partial charge in [0.2, 0.25) is 0 Å². The molecule has 0 saturated heterocycles. The third-order valence-corrected chi connectivity index (χ3v) is 8.55. The van der Waals surface area contributed by atoms with Gasteiger partial charge in [0, 0.05) is 0 Å². The van der Waals surface area contributed by atoms with Crippen LogP contribution in [-0.4, -0.2) is 37.8 Å². The average Bonchev–Trinajstić information content (AvgIpc) is 3.21. The first kappa shape index (κ1) is 60.0. The summed E-state index contributed by atoms with van der Waals surface area (Å²) in [5.74, 6) is -71.4. The van der Waals surface area contributed by atoms with Crippen molar-refractivity contribution >= 4 is 38.1 Å². The minimum atomic E-state index is -7.22. The van der Waals surface area contributed by atoms with Crippen molar-refractivity contribution in [2.24, 2.45) is 0 Å². The molecule has 4 aromatic rings. The Morgan fingerprint density at radius 2 is 0.500 bits per heavy atom. The summed E-state index contributed by atoms with van der Waals surface area (Å²) in [6, 6.07) is 0. The van der Waals surface area contributed by atoms with E-state index in [1.165, 1.54) is 0 Å². The normalized spacial score (nSPS) is 11.5. The molecule has 31 heteroatoms. The molecule has 0 bridgehead atoms. The molecular formula is C33H18BF23O5SZr. The van der Waals surface area contributed by atoms with Crippen molar-refractivity contribution in [2.45, 2.75) is 45.0 Å². The first-order chi connectivity index (χ1) is 28.8. The Morgan fingerprint density at radius 1 is 0.375 bits per heavy atom. The van der Waals surface area contributed by atoms with E-state index >= 15 is 35.1 Å². The van der Waals surface area contributed by atoms with Crippen molar-refractivity contribution in [1.82, 2.24) is 0 Å². The fourth-order valence-corrected chi connectivity index (χ4v) is 5.16. The summed E-state index contributed by atoms with van der Waals surface area (Å²) < 4.78 is 353. The monoisotopic (exact) mass is 1060 g/mol. The first-order valence-corrected chi connectivity index (χ1v) is 17.6. The molecule has 0 aliphatic carbocycles. The van der Waals surface area contributed by atoms with Crippen LogP contribution in [0.1, 0.15) is 39.5 Å². The summed E-state index contributed by atoms with van der Waals surface area (Å²) >= 11 is 0. The number of halogens is 23. The van der Waals surface area contributed by atoms with Crippen LogP contribution in [0.4, 0.5) is 101 Å². The van der Waals surface area contributed by atoms with E-state index in [-0.39, 0.29) is 39.4 Å². The summed E-state index contributed by atoms with van der Waals surface area (Å²) in [4.78, 5) is 0. The van der Waals surface area contributed by atoms with E-state index in [0.29, 0.717) is 0 Å². The van der Waals surface area contributed by atoms with Gasteiger partial charge in [-0.2, -0.15) is 13.2 Å². The van der Waals surface area contributed by atoms with Crippen molar-refractivity contribution in [3.05, 3.63) is 116 Å². The van der Waals surface area contributed by atoms with E-state index in [0.717, 1.165) is 25.7 Å². The van der Waals surface area contributed by atoms with Gasteiger partial charge in [0.1, 0.15) is 52.7 Å². The van der Waals surface area contributed by atoms with Gasteiger partial charge >= 0.3 is 31.7 Å². The van der Waals surface area contributed by atoms with E-state index in [1.54, 1.807) is 0 Å². The molecule has 0 unspecified atom stereocenters. The molecule has 0 aliphatic heterocycles. The largest absolute Gasteiger partial charge is 4.00 e. The molecule has 0 N–H and O–H groups in total. The standard InChI is InChI=1S/C24BF20.2C4H9O.CHF3O3S.Zr/c26-5-1(6(27)14(35)21(42)13(5)34)25(2-7(28)15(36)22(43)16(37)8(2)29,3-9(30)17(38)23(44)18(39)10(3)31)4-11(32)19(40)24(45)20(41)12(4)33;2*1-2-3-4-5;2-1(3,4)8(5,6)7;/h;2*2-4H2,1H3;(H,5,6,7);/q3*-1;;+4/p-1. The number of alkyl halides is 3. The van der Waals surface area contributed by atoms with E-state index in [1.807, 2.05) is 13.8 Å². The van der Waals surface area contributed by atoms with Gasteiger partial charge < -0.3 is 14.8 Å². The Kier molecular flexibility index (Phi) is 22.0. The van der Waals surface area contributed by atoms with Crippen LogP contribution in [0.2, 0.25) is 0 Å². The molecule has 354 valence electrons. The van der Waals surface area contributed by atoms with Crippen molar-refractivity contribution in [1.29, 1.82) is 0 Å². The Morgan fingerprint density at radius 3 is 0.578 bits per heavy atom. The SMILES string of the molecule is CCCC[O-].CCCC[O-].Fc1c(F)c(F)c([B-](c2c(F)c(F)c(F)c(F)c2F)(c2c(F)c(F)c(F)c(F)c2F)c2c(F)c(F)c(F)c(F)c2F)c(F)c1F.O=S(=O)([O-])C(F)(F)F.[Zr+4]. The van der Waals surface area contributed by atoms with Crippen molar-refractivity contribution in [3.63, 3.8) is 0 Å². The maximum absolute atomic E-state index is 15.4. The van der Waals surface area contributed by atoms with Gasteiger partial charge in [-0.3, -0.25) is 0 Å². The molecule has 0 heterocycles. The zero-order valence-corrected chi connectivity index (χ0v) is 34.2. The zero-order valence-electron chi connectivity index (χ0n) is 31.0. The second kappa shape index (κ2) is 23.5. The molecule has 0 spiro atoms. The molecular weight excluding hydrogens is 1050 g/mol. The van der Waals surface area contributed by atoms with Gasteiger partial charge in [-0.25, -0.2) is 96.2 Å². The minimum absolute atomic E-state index is 0. The van der Waals surface area contributed by atoms with Gasteiger partial charge in [0.25, 0.3) is 0 Å². The fraction of sp³-hybridized carbons (Fsp3) is 0.273. The molecule has 64 heavy (non-hydrogen) atoms. The molecule has 0 atom stereocenters. The van der Waals surface area contributed by atoms with Gasteiger partial charge in [-0.15, -0.1) is 35.1 Å². The van der Waals surface area contributed by atoms with E-state index in [9.17, 15) is 76.1 Å². The van der Waals surface area contributed by atoms with Crippen LogP contribution in [0.5, 0.6) is 0 Å². The van der Waals surface area contributed by atoms with Crippen molar-refractivity contribution < 1.29 is 150 Å². The van der Waals surface area contributed by atoms with Crippen molar-refractivity contribution in [3.8, 4) is 0 Å². The van der Waals surface area contributed by atoms with Crippen LogP contribution >= 0.6 is 0 Å². The second-order valence-corrected chi connectivity index (χ2v) is 13.2. The molecule has 0 fully saturated rings. The predicted molar refractivity (Wildman–Crippen MR) is 165 cm³/mol. The maximum atomic E-state index is 15.4. The molecule has 0 aliphatic rings. The van der Waals surface area contributed by atoms with Crippen LogP contribution in [0.3, 0.4) is 0 Å². The summed E-state index contributed by atoms with van der Waals surface area (Å²) in [5.41, 5.74) is -20.0. The maximum Gasteiger partial charge on any atom is 4.00 e. The van der Waals surface area contributed by atoms with Crippen molar-refractivity contribution in [2.75, 3.05) is 13.2 Å². The third-order valence-electron chi connectivity index (χ3n) is 7.99. The van der Waals surface area contributed by atoms with Gasteiger partial charge in [0.05, 0.1) is 0 Å². The summed E-state index contributed by atoms with van der Waals surface area (Å²) in [6.45, 7) is 4.21. The Hall–Kier alpha value is -3.95. The summed E-state index contributed by atoms with van der Waals surface area (Å²) in [7, 11) is -6.09. The first-order valence-electron chi connectivity index (χ1n) is 16.2. The summed E-state index contributed by atoms with van der Waals surface area (Å²) in [6.07, 6.45) is -3.49. The molecule has 4 aromatic carbocycles. The van der Waals surface area contributed by atoms with Crippen LogP contribution in [-0.2, 0) is 36.3 Å². The predicted octanol–water partition coefficient (Wildman–Crippen LogP) is 6.19. The smallest absolute Gasteiger partial charge is 0.854 e. The minimum Gasteiger partial charge on any atom is -0.854 e. The average molecular weight is 1070 g/mol. The zero-order chi connectivity index (χ0) is 49.6. The van der Waals surface area contributed by atoms with E-state index in [4.69, 9.17) is 13.0 Å². The van der Waals surface area contributed by atoms with Crippen LogP contribution in [0, 0.1) is 116 Å². The third kappa shape index (κ3) is 11.3. The molecule has 4 rings (SSSR count). The number of hydrogen-bond donors (Lipinski definition) is 0. The van der Waals surface area contributed by atoms with Crippen LogP contribution in [0.25, 0.3) is 0 Å². The fourth-order valence-electron chi connectivity index (χ4n) is 5.16. The quantitative estimate of drug-likeness (QED) is 0.0524. The molecule has 0 saturated carbocycles. The van der Waals surface area contributed by atoms with Crippen LogP contribution < -0.4 is 32.1 Å². The van der Waals surface area contributed by atoms with Gasteiger partial charge in [-0.05, 0) is 0 Å². The number of unbranched alkanes of at least 4 members (excludes halogenated alkanes) is 2. The van der Waals surface area contributed by atoms with E-state index in [2.05, 4.69) is 0 Å². The van der Waals surface area contributed by atoms with Gasteiger partial charge in [0.15, 0.2) is 79.9 Å². The molecule has 0 radical (unpaired) electrons. The van der Waals surface area contributed by atoms with Gasteiger partial charge in [-0.1, -0.05) is 39.5 Å². The van der Waals surface area contributed by atoms with E-state index < -0.39 is 160 Å². The molecule has 5 nitrogen and oxygen atoms in total. The number of hydrogen-bond acceptors (Lipinski definition) is 5. The summed E-state index contributed by atoms with van der Waals surface area (Å²) in [5, 5.41) is 19.1. The van der Waals surface area contributed by atoms with Crippen LogP contribution in [0.15, 0.2) is 0 Å². The topological polar surface area (TPSA) is 103 Å². The Bertz CT molecular complexity index is 2050. The number of benzene rings is 4. The Labute approximate surface area is 362 Å². The molecule has 0 aromatic heterocycles. The second-order valence-electron chi connectivity index (χ2n) is 11.8.